The third-order valence-corrected chi connectivity index (χ3v) is 5.49. The summed E-state index contributed by atoms with van der Waals surface area (Å²) in [6, 6.07) is 8.43. The molecular formula is C20H28N2O2. The van der Waals surface area contributed by atoms with Crippen LogP contribution in [0.5, 0.6) is 0 Å². The Bertz CT molecular complexity index is 568. The highest BCUT2D eigenvalue weighted by atomic mass is 16.2. The predicted octanol–water partition coefficient (Wildman–Crippen LogP) is 3.16. The fourth-order valence-electron chi connectivity index (χ4n) is 3.92. The van der Waals surface area contributed by atoms with E-state index in [4.69, 9.17) is 0 Å². The van der Waals surface area contributed by atoms with Crippen molar-refractivity contribution in [2.24, 2.45) is 5.92 Å². The molecule has 0 spiro atoms. The molecule has 1 aliphatic heterocycles. The largest absolute Gasteiger partial charge is 0.349 e. The van der Waals surface area contributed by atoms with Crippen LogP contribution < -0.4 is 5.32 Å². The van der Waals surface area contributed by atoms with Crippen molar-refractivity contribution >= 4 is 11.8 Å². The standard InChI is InChI=1S/C20H28N2O2/c1-15(23)22-12-10-17(11-13-22)14-16-6-8-18(9-7-16)20(24)21-19-4-2-3-5-19/h6-9,17,19H,2-5,10-14H2,1H3,(H,21,24). The Morgan fingerprint density at radius 3 is 2.25 bits per heavy atom. The molecule has 1 aromatic rings. The minimum atomic E-state index is 0.0585. The SMILES string of the molecule is CC(=O)N1CCC(Cc2ccc(C(=O)NC3CCCC3)cc2)CC1. The second kappa shape index (κ2) is 7.82. The average Bonchev–Trinajstić information content (AvgIpc) is 3.09. The van der Waals surface area contributed by atoms with Crippen molar-refractivity contribution in [2.45, 2.75) is 57.9 Å². The van der Waals surface area contributed by atoms with E-state index >= 15 is 0 Å². The van der Waals surface area contributed by atoms with Gasteiger partial charge in [-0.15, -0.1) is 0 Å². The van der Waals surface area contributed by atoms with Crippen LogP contribution in [-0.4, -0.2) is 35.8 Å². The number of hydrogen-bond acceptors (Lipinski definition) is 2. The van der Waals surface area contributed by atoms with E-state index in [1.807, 2.05) is 17.0 Å². The highest BCUT2D eigenvalue weighted by molar-refractivity contribution is 5.94. The van der Waals surface area contributed by atoms with Gasteiger partial charge in [-0.25, -0.2) is 0 Å². The van der Waals surface area contributed by atoms with Gasteiger partial charge in [0, 0.05) is 31.6 Å². The number of likely N-dealkylation sites (tertiary alicyclic amines) is 1. The molecule has 1 N–H and O–H groups in total. The van der Waals surface area contributed by atoms with Crippen LogP contribution in [0.2, 0.25) is 0 Å². The smallest absolute Gasteiger partial charge is 0.251 e. The maximum Gasteiger partial charge on any atom is 0.251 e. The van der Waals surface area contributed by atoms with Gasteiger partial charge >= 0.3 is 0 Å². The molecule has 0 aromatic heterocycles. The van der Waals surface area contributed by atoms with Gasteiger partial charge in [-0.2, -0.15) is 0 Å². The van der Waals surface area contributed by atoms with Gasteiger partial charge in [-0.3, -0.25) is 9.59 Å². The Kier molecular flexibility index (Phi) is 5.54. The van der Waals surface area contributed by atoms with Gasteiger partial charge in [0.05, 0.1) is 0 Å². The lowest BCUT2D eigenvalue weighted by Crippen LogP contribution is -2.37. The Morgan fingerprint density at radius 2 is 1.67 bits per heavy atom. The lowest BCUT2D eigenvalue weighted by Gasteiger charge is -2.31. The van der Waals surface area contributed by atoms with E-state index in [0.717, 1.165) is 50.8 Å². The molecule has 0 bridgehead atoms. The van der Waals surface area contributed by atoms with Crippen molar-refractivity contribution in [3.8, 4) is 0 Å². The lowest BCUT2D eigenvalue weighted by molar-refractivity contribution is -0.130. The zero-order chi connectivity index (χ0) is 16.9. The molecule has 3 rings (SSSR count). The van der Waals surface area contributed by atoms with Crippen molar-refractivity contribution in [1.82, 2.24) is 10.2 Å². The zero-order valence-corrected chi connectivity index (χ0v) is 14.6. The highest BCUT2D eigenvalue weighted by Gasteiger charge is 2.21. The number of rotatable bonds is 4. The average molecular weight is 328 g/mol. The molecule has 1 aliphatic carbocycles. The molecule has 1 saturated carbocycles. The molecule has 1 aromatic carbocycles. The first-order valence-corrected chi connectivity index (χ1v) is 9.27. The first-order valence-electron chi connectivity index (χ1n) is 9.27. The van der Waals surface area contributed by atoms with Gasteiger partial charge in [-0.05, 0) is 55.7 Å². The molecule has 2 amide bonds. The molecule has 1 heterocycles. The van der Waals surface area contributed by atoms with Crippen LogP contribution in [0.4, 0.5) is 0 Å². The Balaban J connectivity index is 1.49. The van der Waals surface area contributed by atoms with Crippen molar-refractivity contribution in [2.75, 3.05) is 13.1 Å². The summed E-state index contributed by atoms with van der Waals surface area (Å²) >= 11 is 0. The molecule has 4 nitrogen and oxygen atoms in total. The summed E-state index contributed by atoms with van der Waals surface area (Å²) in [6.45, 7) is 3.40. The number of amides is 2. The number of carbonyl (C=O) groups is 2. The van der Waals surface area contributed by atoms with Crippen molar-refractivity contribution < 1.29 is 9.59 Å². The van der Waals surface area contributed by atoms with Gasteiger partial charge in [0.2, 0.25) is 5.91 Å². The van der Waals surface area contributed by atoms with E-state index in [-0.39, 0.29) is 11.8 Å². The third-order valence-electron chi connectivity index (χ3n) is 5.49. The second-order valence-electron chi connectivity index (χ2n) is 7.31. The number of carbonyl (C=O) groups excluding carboxylic acids is 2. The monoisotopic (exact) mass is 328 g/mol. The summed E-state index contributed by atoms with van der Waals surface area (Å²) in [5, 5.41) is 3.14. The first kappa shape index (κ1) is 17.0. The van der Waals surface area contributed by atoms with E-state index < -0.39 is 0 Å². The van der Waals surface area contributed by atoms with Crippen LogP contribution in [0.15, 0.2) is 24.3 Å². The topological polar surface area (TPSA) is 49.4 Å². The number of benzene rings is 1. The van der Waals surface area contributed by atoms with Crippen molar-refractivity contribution in [3.63, 3.8) is 0 Å². The molecule has 2 aliphatic rings. The number of nitrogens with one attached hydrogen (secondary N) is 1. The molecule has 130 valence electrons. The van der Waals surface area contributed by atoms with Crippen LogP contribution >= 0.6 is 0 Å². The van der Waals surface area contributed by atoms with E-state index in [9.17, 15) is 9.59 Å². The van der Waals surface area contributed by atoms with Crippen molar-refractivity contribution in [3.05, 3.63) is 35.4 Å². The van der Waals surface area contributed by atoms with Gasteiger partial charge in [0.15, 0.2) is 0 Å². The van der Waals surface area contributed by atoms with Crippen molar-refractivity contribution in [1.29, 1.82) is 0 Å². The lowest BCUT2D eigenvalue weighted by atomic mass is 9.90. The van der Waals surface area contributed by atoms with Crippen LogP contribution in [0.3, 0.4) is 0 Å². The molecule has 4 heteroatoms. The Labute approximate surface area is 144 Å². The molecule has 1 saturated heterocycles. The third kappa shape index (κ3) is 4.37. The number of nitrogens with zero attached hydrogens (tertiary/aromatic N) is 1. The molecule has 0 unspecified atom stereocenters. The van der Waals surface area contributed by atoms with Gasteiger partial charge in [-0.1, -0.05) is 25.0 Å². The van der Waals surface area contributed by atoms with E-state index in [1.54, 1.807) is 6.92 Å². The summed E-state index contributed by atoms with van der Waals surface area (Å²) in [5.41, 5.74) is 2.05. The van der Waals surface area contributed by atoms with Crippen LogP contribution in [0, 0.1) is 5.92 Å². The zero-order valence-electron chi connectivity index (χ0n) is 14.6. The summed E-state index contributed by atoms with van der Waals surface area (Å²) in [7, 11) is 0. The maximum absolute atomic E-state index is 12.3. The number of piperidine rings is 1. The highest BCUT2D eigenvalue weighted by Crippen LogP contribution is 2.22. The fourth-order valence-corrected chi connectivity index (χ4v) is 3.92. The summed E-state index contributed by atoms with van der Waals surface area (Å²) < 4.78 is 0. The molecule has 2 fully saturated rings. The summed E-state index contributed by atoms with van der Waals surface area (Å²) in [4.78, 5) is 25.6. The molecule has 0 radical (unpaired) electrons. The normalized spacial score (nSPS) is 19.5. The summed E-state index contributed by atoms with van der Waals surface area (Å²) in [5.74, 6) is 0.882. The van der Waals surface area contributed by atoms with E-state index in [2.05, 4.69) is 17.4 Å². The Hall–Kier alpha value is -1.84. The number of hydrogen-bond donors (Lipinski definition) is 1. The molecule has 0 atom stereocenters. The minimum absolute atomic E-state index is 0.0585. The van der Waals surface area contributed by atoms with Gasteiger partial charge in [0.25, 0.3) is 5.91 Å². The molecule has 24 heavy (non-hydrogen) atoms. The predicted molar refractivity (Wildman–Crippen MR) is 94.8 cm³/mol. The second-order valence-corrected chi connectivity index (χ2v) is 7.31. The van der Waals surface area contributed by atoms with Gasteiger partial charge < -0.3 is 10.2 Å². The Morgan fingerprint density at radius 1 is 1.04 bits per heavy atom. The minimum Gasteiger partial charge on any atom is -0.349 e. The molecular weight excluding hydrogens is 300 g/mol. The first-order chi connectivity index (χ1) is 11.6. The maximum atomic E-state index is 12.3. The van der Waals surface area contributed by atoms with Crippen LogP contribution in [0.25, 0.3) is 0 Å². The van der Waals surface area contributed by atoms with Crippen LogP contribution in [0.1, 0.15) is 61.4 Å². The van der Waals surface area contributed by atoms with E-state index in [0.29, 0.717) is 12.0 Å². The fraction of sp³-hybridized carbons (Fsp3) is 0.600. The summed E-state index contributed by atoms with van der Waals surface area (Å²) in [6.07, 6.45) is 7.87. The van der Waals surface area contributed by atoms with Crippen LogP contribution in [-0.2, 0) is 11.2 Å². The van der Waals surface area contributed by atoms with Gasteiger partial charge in [0.1, 0.15) is 0 Å². The van der Waals surface area contributed by atoms with E-state index in [1.165, 1.54) is 18.4 Å². The quantitative estimate of drug-likeness (QED) is 0.923.